The summed E-state index contributed by atoms with van der Waals surface area (Å²) in [5.41, 5.74) is -7.53. The standard InChI is InChI=1S/C45H29N3S/c1-4-13-30(14-5-1)31-23-25-32(26-24-31)35-27-36(38-20-12-21-40-39-19-10-11-22-41(39)49-42(38)40)29-37(28-35)45-47-43(33-15-6-2-7-16-33)46-44(48-45)34-17-8-3-9-18-34/h1-29H/i1D,2D,3D,4D,5D,6D,7D,8D,9D,10D,11D,12D,13D,14D,15D,16D,17D,18D,19D,20D,21D,22D,23D,24D,25D,26D,27D,28D,29D. The molecule has 0 fully saturated rings. The number of nitrogens with zero attached hydrogens (tertiary/aromatic N) is 3. The third-order valence-electron chi connectivity index (χ3n) is 6.87. The third-order valence-corrected chi connectivity index (χ3v) is 7.99. The van der Waals surface area contributed by atoms with Crippen molar-refractivity contribution >= 4 is 31.5 Å². The molecule has 0 aliphatic carbocycles. The lowest BCUT2D eigenvalue weighted by atomic mass is 9.94. The minimum absolute atomic E-state index is 0.210. The highest BCUT2D eigenvalue weighted by Crippen LogP contribution is 2.42. The van der Waals surface area contributed by atoms with Gasteiger partial charge in [-0.15, -0.1) is 11.3 Å². The molecule has 0 amide bonds. The van der Waals surface area contributed by atoms with Gasteiger partial charge in [-0.25, -0.2) is 15.0 Å². The molecule has 0 saturated carbocycles. The van der Waals surface area contributed by atoms with Crippen LogP contribution < -0.4 is 0 Å². The second kappa shape index (κ2) is 12.4. The second-order valence-electron chi connectivity index (χ2n) is 9.82. The van der Waals surface area contributed by atoms with Crippen molar-refractivity contribution in [3.8, 4) is 67.5 Å². The highest BCUT2D eigenvalue weighted by Gasteiger charge is 2.17. The Bertz CT molecular complexity index is 4070. The molecule has 0 spiro atoms. The molecule has 7 aromatic carbocycles. The van der Waals surface area contributed by atoms with Crippen LogP contribution in [-0.4, -0.2) is 15.0 Å². The number of hydrogen-bond donors (Lipinski definition) is 0. The van der Waals surface area contributed by atoms with Gasteiger partial charge in [-0.1, -0.05) is 151 Å². The normalized spacial score (nSPS) is 19.6. The number of hydrogen-bond acceptors (Lipinski definition) is 4. The summed E-state index contributed by atoms with van der Waals surface area (Å²) in [5, 5.41) is -0.669. The van der Waals surface area contributed by atoms with Crippen molar-refractivity contribution in [2.75, 3.05) is 0 Å². The van der Waals surface area contributed by atoms with Crippen molar-refractivity contribution < 1.29 is 39.8 Å². The molecule has 4 heteroatoms. The molecule has 9 aromatic rings. The first-order valence-corrected chi connectivity index (χ1v) is 14.8. The van der Waals surface area contributed by atoms with Gasteiger partial charge in [0.2, 0.25) is 0 Å². The van der Waals surface area contributed by atoms with E-state index in [1.54, 1.807) is 0 Å². The van der Waals surface area contributed by atoms with Crippen LogP contribution in [-0.2, 0) is 0 Å². The van der Waals surface area contributed by atoms with Crippen LogP contribution in [0.4, 0.5) is 0 Å². The Morgan fingerprint density at radius 3 is 1.43 bits per heavy atom. The summed E-state index contributed by atoms with van der Waals surface area (Å²) in [6, 6.07) is -26.9. The molecule has 0 unspecified atom stereocenters. The Labute approximate surface area is 329 Å². The van der Waals surface area contributed by atoms with Crippen molar-refractivity contribution in [2.45, 2.75) is 0 Å². The van der Waals surface area contributed by atoms with Crippen molar-refractivity contribution in [2.24, 2.45) is 0 Å². The molecule has 2 aromatic heterocycles. The molecule has 0 radical (unpaired) electrons. The fraction of sp³-hybridized carbons (Fsp3) is 0. The number of rotatable bonds is 6. The molecule has 3 nitrogen and oxygen atoms in total. The maximum Gasteiger partial charge on any atom is 0.164 e. The monoisotopic (exact) mass is 672 g/mol. The lowest BCUT2D eigenvalue weighted by molar-refractivity contribution is 1.07. The smallest absolute Gasteiger partial charge is 0.164 e. The SMILES string of the molecule is [2H]c1c([2H])c([2H])c(-c2nc(-c3c([2H])c([2H])c([2H])c([2H])c3[2H])nc(-c3c([2H])c(-c4c([2H])c([2H])c(-c5c([2H])c([2H])c([2H])c([2H])c5[2H])c([2H])c4[2H])c([2H])c(-c4c([2H])c([2H])c([2H])c5c4sc4c([2H])c([2H])c([2H])c([2H])c45)c3[2H])n2)c([2H])c1[2H]. The van der Waals surface area contributed by atoms with Gasteiger partial charge in [-0.05, 0) is 57.6 Å². The summed E-state index contributed by atoms with van der Waals surface area (Å²) < 4.78 is 255. The predicted molar refractivity (Wildman–Crippen MR) is 205 cm³/mol. The molecule has 230 valence electrons. The van der Waals surface area contributed by atoms with E-state index in [2.05, 4.69) is 15.0 Å². The Hall–Kier alpha value is -6.23. The lowest BCUT2D eigenvalue weighted by Crippen LogP contribution is -2.00. The average Bonchev–Trinajstić information content (AvgIpc) is 4.01. The summed E-state index contributed by atoms with van der Waals surface area (Å²) in [4.78, 5) is 12.9. The zero-order valence-electron chi connectivity index (χ0n) is 53.2. The van der Waals surface area contributed by atoms with Crippen LogP contribution >= 0.6 is 11.3 Å². The van der Waals surface area contributed by atoms with Crippen LogP contribution in [0.3, 0.4) is 0 Å². The van der Waals surface area contributed by atoms with Gasteiger partial charge in [0, 0.05) is 36.9 Å². The van der Waals surface area contributed by atoms with E-state index >= 15 is 0 Å². The Kier molecular flexibility index (Phi) is 2.97. The first kappa shape index (κ1) is 11.7. The van der Waals surface area contributed by atoms with E-state index in [1.807, 2.05) is 0 Å². The van der Waals surface area contributed by atoms with E-state index in [4.69, 9.17) is 28.8 Å². The van der Waals surface area contributed by atoms with Gasteiger partial charge >= 0.3 is 0 Å². The largest absolute Gasteiger partial charge is 0.208 e. The quantitative estimate of drug-likeness (QED) is 0.176. The molecule has 0 atom stereocenters. The molecular formula is C45H29N3S. The van der Waals surface area contributed by atoms with E-state index in [9.17, 15) is 11.0 Å². The zero-order valence-corrected chi connectivity index (χ0v) is 25.1. The molecule has 0 aliphatic rings. The number of fused-ring (bicyclic) bond motifs is 3. The van der Waals surface area contributed by atoms with Crippen molar-refractivity contribution in [1.29, 1.82) is 0 Å². The second-order valence-corrected chi connectivity index (χ2v) is 10.8. The maximum atomic E-state index is 9.96. The molecule has 0 bridgehead atoms. The molecule has 0 saturated heterocycles. The summed E-state index contributed by atoms with van der Waals surface area (Å²) in [7, 11) is 0. The average molecular weight is 673 g/mol. The van der Waals surface area contributed by atoms with E-state index < -0.39 is 243 Å². The Balaban J connectivity index is 1.54. The van der Waals surface area contributed by atoms with Crippen LogP contribution in [0, 0.1) is 0 Å². The zero-order chi connectivity index (χ0) is 57.8. The molecule has 0 N–H and O–H groups in total. The highest BCUT2D eigenvalue weighted by atomic mass is 32.1. The summed E-state index contributed by atoms with van der Waals surface area (Å²) in [6.45, 7) is 0. The van der Waals surface area contributed by atoms with Gasteiger partial charge in [0.1, 0.15) is 0 Å². The van der Waals surface area contributed by atoms with Gasteiger partial charge in [0.25, 0.3) is 0 Å². The predicted octanol–water partition coefficient (Wildman–Crippen LogP) is 12.2. The topological polar surface area (TPSA) is 38.7 Å². The van der Waals surface area contributed by atoms with Gasteiger partial charge in [-0.3, -0.25) is 0 Å². The minimum Gasteiger partial charge on any atom is -0.208 e. The lowest BCUT2D eigenvalue weighted by Gasteiger charge is -2.13. The first-order chi connectivity index (χ1) is 36.3. The van der Waals surface area contributed by atoms with Gasteiger partial charge < -0.3 is 0 Å². The molecule has 0 aliphatic heterocycles. The van der Waals surface area contributed by atoms with E-state index in [-0.39, 0.29) is 20.2 Å². The van der Waals surface area contributed by atoms with E-state index in [0.717, 1.165) is 0 Å². The van der Waals surface area contributed by atoms with E-state index in [0.29, 0.717) is 11.3 Å². The summed E-state index contributed by atoms with van der Waals surface area (Å²) in [5.74, 6) is -2.78. The van der Waals surface area contributed by atoms with Gasteiger partial charge in [-0.2, -0.15) is 0 Å². The fourth-order valence-corrected chi connectivity index (χ4v) is 5.78. The molecule has 9 rings (SSSR count). The fourth-order valence-electron chi connectivity index (χ4n) is 4.71. The van der Waals surface area contributed by atoms with Crippen LogP contribution in [0.15, 0.2) is 175 Å². The number of benzene rings is 7. The maximum absolute atomic E-state index is 9.96. The minimum atomic E-state index is -1.14. The first-order valence-electron chi connectivity index (χ1n) is 28.5. The van der Waals surface area contributed by atoms with Crippen molar-refractivity contribution in [3.63, 3.8) is 0 Å². The van der Waals surface area contributed by atoms with Crippen LogP contribution in [0.5, 0.6) is 0 Å². The Morgan fingerprint density at radius 1 is 0.347 bits per heavy atom. The van der Waals surface area contributed by atoms with E-state index in [1.165, 1.54) is 0 Å². The van der Waals surface area contributed by atoms with Crippen molar-refractivity contribution in [3.05, 3.63) is 175 Å². The molecule has 49 heavy (non-hydrogen) atoms. The molecular weight excluding hydrogens is 615 g/mol. The van der Waals surface area contributed by atoms with Gasteiger partial charge in [0.05, 0.1) is 39.8 Å². The summed E-state index contributed by atoms with van der Waals surface area (Å²) >= 11 is 0.551. The summed E-state index contributed by atoms with van der Waals surface area (Å²) in [6.07, 6.45) is 0. The number of thiophene rings is 1. The number of aromatic nitrogens is 3. The Morgan fingerprint density at radius 2 is 0.796 bits per heavy atom. The van der Waals surface area contributed by atoms with Crippen molar-refractivity contribution in [1.82, 2.24) is 15.0 Å². The third kappa shape index (κ3) is 5.58. The molecule has 2 heterocycles. The van der Waals surface area contributed by atoms with Crippen LogP contribution in [0.2, 0.25) is 0 Å². The van der Waals surface area contributed by atoms with Crippen LogP contribution in [0.25, 0.3) is 87.7 Å². The highest BCUT2D eigenvalue weighted by molar-refractivity contribution is 7.26. The van der Waals surface area contributed by atoms with Crippen LogP contribution in [0.1, 0.15) is 39.8 Å². The van der Waals surface area contributed by atoms with Gasteiger partial charge in [0.15, 0.2) is 17.5 Å².